The Balaban J connectivity index is 1.96. The lowest BCUT2D eigenvalue weighted by molar-refractivity contribution is -0.125. The molecule has 1 saturated heterocycles. The van der Waals surface area contributed by atoms with Crippen LogP contribution in [0.25, 0.3) is 0 Å². The predicted octanol–water partition coefficient (Wildman–Crippen LogP) is 0.324. The molecule has 0 aromatic heterocycles. The van der Waals surface area contributed by atoms with E-state index in [4.69, 9.17) is 0 Å². The summed E-state index contributed by atoms with van der Waals surface area (Å²) < 4.78 is 0. The van der Waals surface area contributed by atoms with Gasteiger partial charge in [0, 0.05) is 5.54 Å². The molecule has 1 saturated carbocycles. The Bertz CT molecular complexity index is 266. The molecule has 1 aliphatic heterocycles. The number of carbonyl (C=O) groups is 2. The van der Waals surface area contributed by atoms with Gasteiger partial charge in [0.1, 0.15) is 0 Å². The molecule has 0 aromatic carbocycles. The minimum atomic E-state index is -0.289. The minimum Gasteiger partial charge on any atom is -0.300 e. The number of carbonyl (C=O) groups excluding carboxylic acids is 2. The highest BCUT2D eigenvalue weighted by atomic mass is 16.2. The normalized spacial score (nSPS) is 29.9. The van der Waals surface area contributed by atoms with Gasteiger partial charge >= 0.3 is 0 Å². The van der Waals surface area contributed by atoms with Crippen LogP contribution in [0.4, 0.5) is 0 Å². The van der Waals surface area contributed by atoms with Crippen LogP contribution < -0.4 is 10.6 Å². The number of amides is 2. The van der Waals surface area contributed by atoms with Crippen LogP contribution in [0.1, 0.15) is 39.0 Å². The van der Waals surface area contributed by atoms with E-state index < -0.39 is 0 Å². The van der Waals surface area contributed by atoms with E-state index in [1.165, 1.54) is 6.42 Å². The monoisotopic (exact) mass is 196 g/mol. The van der Waals surface area contributed by atoms with E-state index in [2.05, 4.69) is 17.6 Å². The van der Waals surface area contributed by atoms with E-state index in [0.29, 0.717) is 6.42 Å². The molecule has 0 radical (unpaired) electrons. The van der Waals surface area contributed by atoms with Crippen LogP contribution in [0.2, 0.25) is 0 Å². The molecule has 0 spiro atoms. The van der Waals surface area contributed by atoms with Gasteiger partial charge in [0.2, 0.25) is 11.8 Å². The number of rotatable bonds is 3. The standard InChI is InChI=1S/C10H16N2O2/c1-2-10(4-3-5-10)12-7-6-8(13)11-9(7)14/h7,12H,2-6H2,1H3,(H,11,13,14). The second-order valence-corrected chi connectivity index (χ2v) is 4.30. The Hall–Kier alpha value is -0.900. The highest BCUT2D eigenvalue weighted by Crippen LogP contribution is 2.35. The van der Waals surface area contributed by atoms with Crippen LogP contribution >= 0.6 is 0 Å². The molecule has 1 atom stereocenters. The Morgan fingerprint density at radius 1 is 1.50 bits per heavy atom. The minimum absolute atomic E-state index is 0.132. The molecule has 0 aromatic rings. The van der Waals surface area contributed by atoms with Crippen LogP contribution in [0, 0.1) is 0 Å². The molecule has 2 aliphatic rings. The molecule has 2 rings (SSSR count). The van der Waals surface area contributed by atoms with Crippen molar-refractivity contribution < 1.29 is 9.59 Å². The van der Waals surface area contributed by atoms with Gasteiger partial charge in [-0.2, -0.15) is 0 Å². The van der Waals surface area contributed by atoms with E-state index in [1.807, 2.05) is 0 Å². The van der Waals surface area contributed by atoms with E-state index in [1.54, 1.807) is 0 Å². The molecule has 1 aliphatic carbocycles. The first-order chi connectivity index (χ1) is 6.65. The maximum Gasteiger partial charge on any atom is 0.244 e. The van der Waals surface area contributed by atoms with Crippen molar-refractivity contribution in [2.24, 2.45) is 0 Å². The van der Waals surface area contributed by atoms with Crippen molar-refractivity contribution >= 4 is 11.8 Å². The van der Waals surface area contributed by atoms with Crippen molar-refractivity contribution in [3.63, 3.8) is 0 Å². The van der Waals surface area contributed by atoms with Crippen molar-refractivity contribution in [2.45, 2.75) is 50.6 Å². The lowest BCUT2D eigenvalue weighted by Gasteiger charge is -2.43. The third kappa shape index (κ3) is 1.54. The molecule has 78 valence electrons. The van der Waals surface area contributed by atoms with Gasteiger partial charge < -0.3 is 0 Å². The first kappa shape index (κ1) is 9.65. The first-order valence-corrected chi connectivity index (χ1v) is 5.27. The van der Waals surface area contributed by atoms with E-state index in [-0.39, 0.29) is 23.4 Å². The molecule has 14 heavy (non-hydrogen) atoms. The van der Waals surface area contributed by atoms with Crippen LogP contribution in [0.3, 0.4) is 0 Å². The fourth-order valence-corrected chi connectivity index (χ4v) is 2.24. The lowest BCUT2D eigenvalue weighted by atomic mass is 9.74. The van der Waals surface area contributed by atoms with Crippen molar-refractivity contribution in [1.82, 2.24) is 10.6 Å². The summed E-state index contributed by atoms with van der Waals surface area (Å²) >= 11 is 0. The fourth-order valence-electron chi connectivity index (χ4n) is 2.24. The van der Waals surface area contributed by atoms with Crippen molar-refractivity contribution in [1.29, 1.82) is 0 Å². The third-order valence-electron chi connectivity index (χ3n) is 3.44. The summed E-state index contributed by atoms with van der Waals surface area (Å²) in [5, 5.41) is 5.65. The summed E-state index contributed by atoms with van der Waals surface area (Å²) in [6.07, 6.45) is 4.82. The Kier molecular flexibility index (Phi) is 2.31. The molecular formula is C10H16N2O2. The van der Waals surface area contributed by atoms with E-state index >= 15 is 0 Å². The largest absolute Gasteiger partial charge is 0.300 e. The third-order valence-corrected chi connectivity index (χ3v) is 3.44. The van der Waals surface area contributed by atoms with Crippen LogP contribution in [-0.2, 0) is 9.59 Å². The summed E-state index contributed by atoms with van der Waals surface area (Å²) in [5.74, 6) is -0.312. The second kappa shape index (κ2) is 3.35. The number of hydrogen-bond acceptors (Lipinski definition) is 3. The fraction of sp³-hybridized carbons (Fsp3) is 0.800. The summed E-state index contributed by atoms with van der Waals surface area (Å²) in [7, 11) is 0. The summed E-state index contributed by atoms with van der Waals surface area (Å²) in [6, 6.07) is -0.289. The number of nitrogens with one attached hydrogen (secondary N) is 2. The summed E-state index contributed by atoms with van der Waals surface area (Å²) in [6.45, 7) is 2.13. The lowest BCUT2D eigenvalue weighted by Crippen LogP contribution is -2.56. The highest BCUT2D eigenvalue weighted by Gasteiger charge is 2.41. The smallest absolute Gasteiger partial charge is 0.244 e. The second-order valence-electron chi connectivity index (χ2n) is 4.30. The molecule has 0 bridgehead atoms. The Morgan fingerprint density at radius 2 is 2.21 bits per heavy atom. The molecule has 1 heterocycles. The van der Waals surface area contributed by atoms with E-state index in [0.717, 1.165) is 19.3 Å². The van der Waals surface area contributed by atoms with Gasteiger partial charge in [0.25, 0.3) is 0 Å². The zero-order valence-corrected chi connectivity index (χ0v) is 8.43. The molecule has 2 amide bonds. The van der Waals surface area contributed by atoms with Gasteiger partial charge in [-0.05, 0) is 25.7 Å². The SMILES string of the molecule is CCC1(NC2CC(=O)NC2=O)CCC1. The van der Waals surface area contributed by atoms with Crippen molar-refractivity contribution in [3.05, 3.63) is 0 Å². The molecule has 2 N–H and O–H groups in total. The molecular weight excluding hydrogens is 180 g/mol. The van der Waals surface area contributed by atoms with Gasteiger partial charge in [0.05, 0.1) is 12.5 Å². The van der Waals surface area contributed by atoms with E-state index in [9.17, 15) is 9.59 Å². The average molecular weight is 196 g/mol. The van der Waals surface area contributed by atoms with Gasteiger partial charge in [-0.1, -0.05) is 6.92 Å². The molecule has 2 fully saturated rings. The number of hydrogen-bond donors (Lipinski definition) is 2. The number of imide groups is 1. The van der Waals surface area contributed by atoms with Crippen LogP contribution in [0.5, 0.6) is 0 Å². The van der Waals surface area contributed by atoms with Crippen LogP contribution in [0.15, 0.2) is 0 Å². The summed E-state index contributed by atoms with van der Waals surface area (Å²) in [5.41, 5.74) is 0.132. The van der Waals surface area contributed by atoms with Gasteiger partial charge in [0.15, 0.2) is 0 Å². The average Bonchev–Trinajstić information content (AvgIpc) is 2.38. The van der Waals surface area contributed by atoms with Crippen LogP contribution in [-0.4, -0.2) is 23.4 Å². The first-order valence-electron chi connectivity index (χ1n) is 5.27. The van der Waals surface area contributed by atoms with Gasteiger partial charge in [-0.3, -0.25) is 20.2 Å². The molecule has 4 nitrogen and oxygen atoms in total. The maximum atomic E-state index is 11.3. The molecule has 4 heteroatoms. The zero-order chi connectivity index (χ0) is 10.2. The summed E-state index contributed by atoms with van der Waals surface area (Å²) in [4.78, 5) is 22.3. The van der Waals surface area contributed by atoms with Crippen molar-refractivity contribution in [3.8, 4) is 0 Å². The van der Waals surface area contributed by atoms with Gasteiger partial charge in [-0.15, -0.1) is 0 Å². The Labute approximate surface area is 83.4 Å². The highest BCUT2D eigenvalue weighted by molar-refractivity contribution is 6.05. The predicted molar refractivity (Wildman–Crippen MR) is 51.6 cm³/mol. The quantitative estimate of drug-likeness (QED) is 0.639. The Morgan fingerprint density at radius 3 is 2.57 bits per heavy atom. The van der Waals surface area contributed by atoms with Crippen molar-refractivity contribution in [2.75, 3.05) is 0 Å². The van der Waals surface area contributed by atoms with Gasteiger partial charge in [-0.25, -0.2) is 0 Å². The zero-order valence-electron chi connectivity index (χ0n) is 8.43. The topological polar surface area (TPSA) is 58.2 Å². The maximum absolute atomic E-state index is 11.3. The molecule has 1 unspecified atom stereocenters.